The molecule has 2 rings (SSSR count). The van der Waals surface area contributed by atoms with Crippen molar-refractivity contribution < 1.29 is 9.15 Å². The van der Waals surface area contributed by atoms with Crippen LogP contribution in [0.1, 0.15) is 25.1 Å². The van der Waals surface area contributed by atoms with Crippen molar-refractivity contribution in [2.24, 2.45) is 4.99 Å². The normalized spacial score (nSPS) is 12.4. The van der Waals surface area contributed by atoms with E-state index in [1.165, 1.54) is 5.56 Å². The summed E-state index contributed by atoms with van der Waals surface area (Å²) in [4.78, 5) is 9.05. The molecule has 0 saturated carbocycles. The number of hydrogen-bond donors (Lipinski definition) is 2. The first-order chi connectivity index (χ1) is 11.6. The number of nitrogens with one attached hydrogen (secondary N) is 2. The van der Waals surface area contributed by atoms with Gasteiger partial charge in [-0.15, -0.1) is 24.0 Å². The van der Waals surface area contributed by atoms with Crippen molar-refractivity contribution in [1.82, 2.24) is 15.6 Å². The summed E-state index contributed by atoms with van der Waals surface area (Å²) in [6.07, 6.45) is 1.65. The minimum Gasteiger partial charge on any atom is -0.444 e. The molecular weight excluding hydrogens is 431 g/mol. The first-order valence-corrected chi connectivity index (χ1v) is 8.17. The van der Waals surface area contributed by atoms with Crippen molar-refractivity contribution in [2.45, 2.75) is 33.4 Å². The third kappa shape index (κ3) is 7.03. The summed E-state index contributed by atoms with van der Waals surface area (Å²) in [5.41, 5.74) is 2.97. The van der Waals surface area contributed by atoms with Crippen LogP contribution in [-0.2, 0) is 11.3 Å². The number of aliphatic imine (C=N–C) groups is 1. The Balaban J connectivity index is 0.00000312. The Labute approximate surface area is 166 Å². The molecule has 25 heavy (non-hydrogen) atoms. The molecule has 2 aromatic rings. The van der Waals surface area contributed by atoms with E-state index in [1.54, 1.807) is 13.4 Å². The Morgan fingerprint density at radius 3 is 2.68 bits per heavy atom. The van der Waals surface area contributed by atoms with Crippen LogP contribution >= 0.6 is 24.0 Å². The molecule has 0 fully saturated rings. The summed E-state index contributed by atoms with van der Waals surface area (Å²) in [5.74, 6) is 1.35. The van der Waals surface area contributed by atoms with Crippen LogP contribution in [0.2, 0.25) is 0 Å². The topological polar surface area (TPSA) is 71.7 Å². The van der Waals surface area contributed by atoms with Gasteiger partial charge >= 0.3 is 0 Å². The number of aryl methyl sites for hydroxylation is 1. The number of oxazole rings is 1. The zero-order valence-corrected chi connectivity index (χ0v) is 17.5. The van der Waals surface area contributed by atoms with Gasteiger partial charge in [-0.05, 0) is 32.9 Å². The van der Waals surface area contributed by atoms with Crippen molar-refractivity contribution in [3.63, 3.8) is 0 Å². The van der Waals surface area contributed by atoms with Crippen molar-refractivity contribution >= 4 is 29.9 Å². The number of guanidine groups is 1. The molecule has 0 radical (unpaired) electrons. The van der Waals surface area contributed by atoms with Crippen LogP contribution in [0.3, 0.4) is 0 Å². The molecule has 1 heterocycles. The van der Waals surface area contributed by atoms with Gasteiger partial charge in [-0.2, -0.15) is 0 Å². The molecule has 0 bridgehead atoms. The molecular formula is C18H27IN4O2. The van der Waals surface area contributed by atoms with Gasteiger partial charge in [0, 0.05) is 25.3 Å². The smallest absolute Gasteiger partial charge is 0.226 e. The number of ether oxygens (including phenoxy) is 1. The van der Waals surface area contributed by atoms with Gasteiger partial charge in [-0.3, -0.25) is 0 Å². The summed E-state index contributed by atoms with van der Waals surface area (Å²) in [6, 6.07) is 8.27. The van der Waals surface area contributed by atoms with Gasteiger partial charge in [0.25, 0.3) is 0 Å². The second kappa shape index (κ2) is 11.1. The molecule has 0 aliphatic carbocycles. The number of aromatic nitrogens is 1. The average Bonchev–Trinajstić information content (AvgIpc) is 3.03. The second-order valence-electron chi connectivity index (χ2n) is 5.71. The van der Waals surface area contributed by atoms with E-state index in [2.05, 4.69) is 27.5 Å². The van der Waals surface area contributed by atoms with Crippen molar-refractivity contribution in [1.29, 1.82) is 0 Å². The van der Waals surface area contributed by atoms with E-state index < -0.39 is 0 Å². The zero-order valence-electron chi connectivity index (χ0n) is 15.2. The molecule has 0 spiro atoms. The van der Waals surface area contributed by atoms with E-state index in [1.807, 2.05) is 38.1 Å². The highest BCUT2D eigenvalue weighted by Crippen LogP contribution is 2.19. The minimum atomic E-state index is 0. The fraction of sp³-hybridized carbons (Fsp3) is 0.444. The minimum absolute atomic E-state index is 0. The van der Waals surface area contributed by atoms with Crippen LogP contribution < -0.4 is 10.6 Å². The Morgan fingerprint density at radius 2 is 2.04 bits per heavy atom. The monoisotopic (exact) mass is 458 g/mol. The maximum Gasteiger partial charge on any atom is 0.226 e. The number of rotatable bonds is 7. The van der Waals surface area contributed by atoms with Crippen molar-refractivity contribution in [3.8, 4) is 11.5 Å². The Morgan fingerprint density at radius 1 is 1.32 bits per heavy atom. The first-order valence-electron chi connectivity index (χ1n) is 8.17. The first kappa shape index (κ1) is 21.4. The van der Waals surface area contributed by atoms with Crippen LogP contribution in [-0.4, -0.2) is 37.2 Å². The molecule has 1 aromatic carbocycles. The van der Waals surface area contributed by atoms with Gasteiger partial charge in [0.05, 0.1) is 13.2 Å². The van der Waals surface area contributed by atoms with Gasteiger partial charge in [0.15, 0.2) is 5.96 Å². The van der Waals surface area contributed by atoms with Crippen LogP contribution in [0.5, 0.6) is 0 Å². The van der Waals surface area contributed by atoms with Crippen LogP contribution in [0, 0.1) is 6.92 Å². The highest BCUT2D eigenvalue weighted by molar-refractivity contribution is 14.0. The number of halogens is 1. The maximum absolute atomic E-state index is 5.56. The number of methoxy groups -OCH3 is 1. The van der Waals surface area contributed by atoms with E-state index in [-0.39, 0.29) is 30.0 Å². The quantitative estimate of drug-likeness (QED) is 0.378. The van der Waals surface area contributed by atoms with E-state index in [9.17, 15) is 0 Å². The van der Waals surface area contributed by atoms with Crippen LogP contribution in [0.15, 0.2) is 39.9 Å². The lowest BCUT2D eigenvalue weighted by Gasteiger charge is -2.16. The van der Waals surface area contributed by atoms with Crippen LogP contribution in [0.25, 0.3) is 11.5 Å². The largest absolute Gasteiger partial charge is 0.444 e. The predicted molar refractivity (Wildman–Crippen MR) is 111 cm³/mol. The lowest BCUT2D eigenvalue weighted by atomic mass is 10.1. The molecule has 7 heteroatoms. The Kier molecular flexibility index (Phi) is 9.51. The van der Waals surface area contributed by atoms with Gasteiger partial charge in [0.2, 0.25) is 5.89 Å². The molecule has 2 N–H and O–H groups in total. The fourth-order valence-corrected chi connectivity index (χ4v) is 2.21. The second-order valence-corrected chi connectivity index (χ2v) is 5.71. The zero-order chi connectivity index (χ0) is 17.4. The van der Waals surface area contributed by atoms with Gasteiger partial charge in [0.1, 0.15) is 12.0 Å². The lowest BCUT2D eigenvalue weighted by molar-refractivity contribution is 0.179. The average molecular weight is 458 g/mol. The SMILES string of the molecule is CCNC(=NCc1coc(-c2ccc(C)cc2)n1)NC(C)COC.I. The van der Waals surface area contributed by atoms with Gasteiger partial charge < -0.3 is 19.8 Å². The Hall–Kier alpha value is -1.61. The summed E-state index contributed by atoms with van der Waals surface area (Å²) >= 11 is 0. The molecule has 0 saturated heterocycles. The van der Waals surface area contributed by atoms with E-state index in [4.69, 9.17) is 9.15 Å². The number of hydrogen-bond acceptors (Lipinski definition) is 4. The highest BCUT2D eigenvalue weighted by atomic mass is 127. The third-order valence-electron chi connectivity index (χ3n) is 3.39. The molecule has 0 aliphatic rings. The van der Waals surface area contributed by atoms with Crippen LogP contribution in [0.4, 0.5) is 0 Å². The maximum atomic E-state index is 5.56. The predicted octanol–water partition coefficient (Wildman–Crippen LogP) is 3.36. The van der Waals surface area contributed by atoms with Crippen molar-refractivity contribution in [2.75, 3.05) is 20.3 Å². The number of nitrogens with zero attached hydrogens (tertiary/aromatic N) is 2. The number of benzene rings is 1. The molecule has 1 aromatic heterocycles. The summed E-state index contributed by atoms with van der Waals surface area (Å²) in [6.45, 7) is 7.99. The van der Waals surface area contributed by atoms with E-state index >= 15 is 0 Å². The molecule has 1 atom stereocenters. The summed E-state index contributed by atoms with van der Waals surface area (Å²) < 4.78 is 10.7. The fourth-order valence-electron chi connectivity index (χ4n) is 2.21. The molecule has 6 nitrogen and oxygen atoms in total. The highest BCUT2D eigenvalue weighted by Gasteiger charge is 2.08. The van der Waals surface area contributed by atoms with E-state index in [0.29, 0.717) is 19.0 Å². The standard InChI is InChI=1S/C18H26N4O2.HI/c1-5-19-18(21-14(3)11-23-4)20-10-16-12-24-17(22-16)15-8-6-13(2)7-9-15;/h6-9,12,14H,5,10-11H2,1-4H3,(H2,19,20,21);1H. The third-order valence-corrected chi connectivity index (χ3v) is 3.39. The lowest BCUT2D eigenvalue weighted by Crippen LogP contribution is -2.43. The molecule has 138 valence electrons. The summed E-state index contributed by atoms with van der Waals surface area (Å²) in [5, 5.41) is 6.50. The Bertz CT molecular complexity index is 655. The summed E-state index contributed by atoms with van der Waals surface area (Å²) in [7, 11) is 1.68. The van der Waals surface area contributed by atoms with Gasteiger partial charge in [-0.25, -0.2) is 9.98 Å². The van der Waals surface area contributed by atoms with Crippen molar-refractivity contribution in [3.05, 3.63) is 41.8 Å². The molecule has 1 unspecified atom stereocenters. The molecule has 0 aliphatic heterocycles. The van der Waals surface area contributed by atoms with E-state index in [0.717, 1.165) is 23.8 Å². The molecule has 0 amide bonds. The van der Waals surface area contributed by atoms with Gasteiger partial charge in [-0.1, -0.05) is 17.7 Å².